The minimum Gasteiger partial charge on any atom is -0.357 e. The second-order valence-corrected chi connectivity index (χ2v) is 7.14. The summed E-state index contributed by atoms with van der Waals surface area (Å²) < 4.78 is 3.27. The van der Waals surface area contributed by atoms with Crippen molar-refractivity contribution in [2.24, 2.45) is 18.0 Å². The molecule has 1 aliphatic heterocycles. The summed E-state index contributed by atoms with van der Waals surface area (Å²) >= 11 is 3.53. The highest BCUT2D eigenvalue weighted by Gasteiger charge is 2.19. The molecule has 0 spiro atoms. The molecule has 1 saturated heterocycles. The van der Waals surface area contributed by atoms with Crippen molar-refractivity contribution in [3.8, 4) is 0 Å². The quantitative estimate of drug-likeness (QED) is 0.637. The van der Waals surface area contributed by atoms with E-state index in [4.69, 9.17) is 4.99 Å². The number of nitrogens with one attached hydrogen (secondary N) is 1. The molecule has 124 valence electrons. The summed E-state index contributed by atoms with van der Waals surface area (Å²) in [4.78, 5) is 9.43. The van der Waals surface area contributed by atoms with Gasteiger partial charge in [0.05, 0.1) is 6.54 Å². The molecule has 0 saturated carbocycles. The van der Waals surface area contributed by atoms with E-state index in [0.29, 0.717) is 5.92 Å². The fourth-order valence-corrected chi connectivity index (χ4v) is 3.47. The lowest BCUT2D eigenvalue weighted by molar-refractivity contribution is 0.396. The van der Waals surface area contributed by atoms with Gasteiger partial charge in [0.25, 0.3) is 0 Å². The average Bonchev–Trinajstić information content (AvgIpc) is 3.00. The van der Waals surface area contributed by atoms with Crippen LogP contribution in [0, 0.1) is 5.92 Å². The van der Waals surface area contributed by atoms with Gasteiger partial charge in [0.15, 0.2) is 5.96 Å². The first-order valence-electron chi connectivity index (χ1n) is 7.98. The maximum atomic E-state index is 4.85. The van der Waals surface area contributed by atoms with Crippen LogP contribution in [0.1, 0.15) is 19.0 Å². The van der Waals surface area contributed by atoms with Crippen molar-refractivity contribution in [1.29, 1.82) is 0 Å². The summed E-state index contributed by atoms with van der Waals surface area (Å²) in [5, 5.41) is 3.41. The molecule has 2 rings (SSSR count). The van der Waals surface area contributed by atoms with Crippen LogP contribution in [0.5, 0.6) is 0 Å². The van der Waals surface area contributed by atoms with E-state index in [0.717, 1.165) is 36.6 Å². The van der Waals surface area contributed by atoms with Gasteiger partial charge in [-0.05, 0) is 54.9 Å². The zero-order valence-corrected chi connectivity index (χ0v) is 15.7. The van der Waals surface area contributed by atoms with Gasteiger partial charge in [-0.15, -0.1) is 0 Å². The third kappa shape index (κ3) is 4.74. The van der Waals surface area contributed by atoms with Gasteiger partial charge in [-0.1, -0.05) is 0 Å². The van der Waals surface area contributed by atoms with E-state index in [1.807, 2.05) is 0 Å². The first-order chi connectivity index (χ1) is 10.5. The van der Waals surface area contributed by atoms with Gasteiger partial charge >= 0.3 is 0 Å². The molecule has 2 heterocycles. The molecule has 22 heavy (non-hydrogen) atoms. The van der Waals surface area contributed by atoms with Gasteiger partial charge < -0.3 is 19.7 Å². The monoisotopic (exact) mass is 369 g/mol. The highest BCUT2D eigenvalue weighted by atomic mass is 79.9. The fourth-order valence-electron chi connectivity index (χ4n) is 2.90. The number of aromatic nitrogens is 1. The molecule has 1 aromatic rings. The lowest BCUT2D eigenvalue weighted by atomic mass is 10.1. The summed E-state index contributed by atoms with van der Waals surface area (Å²) in [5.41, 5.74) is 1.26. The van der Waals surface area contributed by atoms with Crippen LogP contribution in [0.3, 0.4) is 0 Å². The number of aliphatic imine (C=N–C) groups is 1. The molecule has 0 bridgehead atoms. The Bertz CT molecular complexity index is 511. The molecular weight excluding hydrogens is 342 g/mol. The van der Waals surface area contributed by atoms with Crippen LogP contribution in [0.25, 0.3) is 0 Å². The summed E-state index contributed by atoms with van der Waals surface area (Å²) in [6.07, 6.45) is 3.34. The van der Waals surface area contributed by atoms with Crippen LogP contribution >= 0.6 is 15.9 Å². The molecule has 1 fully saturated rings. The molecular formula is C16H28BrN5. The van der Waals surface area contributed by atoms with Gasteiger partial charge in [0.1, 0.15) is 0 Å². The molecule has 1 unspecified atom stereocenters. The number of nitrogens with zero attached hydrogens (tertiary/aromatic N) is 4. The van der Waals surface area contributed by atoms with E-state index < -0.39 is 0 Å². The fraction of sp³-hybridized carbons (Fsp3) is 0.688. The molecule has 0 aromatic carbocycles. The molecule has 0 amide bonds. The van der Waals surface area contributed by atoms with E-state index >= 15 is 0 Å². The predicted molar refractivity (Wildman–Crippen MR) is 96.2 cm³/mol. The van der Waals surface area contributed by atoms with Crippen LogP contribution in [0.15, 0.2) is 21.7 Å². The van der Waals surface area contributed by atoms with Crippen molar-refractivity contribution < 1.29 is 0 Å². The Balaban J connectivity index is 1.98. The zero-order valence-electron chi connectivity index (χ0n) is 14.1. The van der Waals surface area contributed by atoms with Gasteiger partial charge in [0.2, 0.25) is 0 Å². The maximum Gasteiger partial charge on any atom is 0.194 e. The first kappa shape index (κ1) is 17.3. The van der Waals surface area contributed by atoms with Crippen molar-refractivity contribution in [1.82, 2.24) is 19.7 Å². The summed E-state index contributed by atoms with van der Waals surface area (Å²) in [6.45, 7) is 7.13. The van der Waals surface area contributed by atoms with E-state index in [1.54, 1.807) is 0 Å². The average molecular weight is 370 g/mol. The van der Waals surface area contributed by atoms with Gasteiger partial charge in [-0.25, -0.2) is 0 Å². The standard InChI is InChI=1S/C16H28BrN5/c1-5-18-16(19-9-13-6-7-20(2)10-13)22(4)12-15-8-14(17)11-21(15)3/h8,11,13H,5-7,9-10,12H2,1-4H3,(H,18,19). The van der Waals surface area contributed by atoms with Crippen LogP contribution in [-0.4, -0.2) is 60.6 Å². The Morgan fingerprint density at radius 3 is 2.82 bits per heavy atom. The van der Waals surface area contributed by atoms with Gasteiger partial charge in [-0.3, -0.25) is 4.99 Å². The van der Waals surface area contributed by atoms with Crippen molar-refractivity contribution in [3.63, 3.8) is 0 Å². The van der Waals surface area contributed by atoms with E-state index in [2.05, 4.69) is 75.9 Å². The zero-order chi connectivity index (χ0) is 16.1. The Hall–Kier alpha value is -1.01. The number of halogens is 1. The summed E-state index contributed by atoms with van der Waals surface area (Å²) in [5.74, 6) is 1.69. The van der Waals surface area contributed by atoms with E-state index in [-0.39, 0.29) is 0 Å². The van der Waals surface area contributed by atoms with Crippen LogP contribution in [0.2, 0.25) is 0 Å². The van der Waals surface area contributed by atoms with E-state index in [1.165, 1.54) is 18.7 Å². The molecule has 1 aromatic heterocycles. The van der Waals surface area contributed by atoms with Crippen LogP contribution < -0.4 is 5.32 Å². The number of guanidine groups is 1. The number of hydrogen-bond donors (Lipinski definition) is 1. The number of hydrogen-bond acceptors (Lipinski definition) is 2. The lowest BCUT2D eigenvalue weighted by Gasteiger charge is -2.23. The molecule has 1 N–H and O–H groups in total. The SMILES string of the molecule is CCNC(=NCC1CCN(C)C1)N(C)Cc1cc(Br)cn1C. The van der Waals surface area contributed by atoms with Crippen molar-refractivity contribution in [2.45, 2.75) is 19.9 Å². The molecule has 5 nitrogen and oxygen atoms in total. The second kappa shape index (κ2) is 8.02. The second-order valence-electron chi connectivity index (χ2n) is 6.23. The van der Waals surface area contributed by atoms with E-state index in [9.17, 15) is 0 Å². The smallest absolute Gasteiger partial charge is 0.194 e. The van der Waals surface area contributed by atoms with Crippen molar-refractivity contribution in [2.75, 3.05) is 40.3 Å². The van der Waals surface area contributed by atoms with Crippen molar-refractivity contribution >= 4 is 21.9 Å². The number of aryl methyl sites for hydroxylation is 1. The Morgan fingerprint density at radius 1 is 1.50 bits per heavy atom. The Labute approximate surface area is 142 Å². The highest BCUT2D eigenvalue weighted by molar-refractivity contribution is 9.10. The third-order valence-corrected chi connectivity index (χ3v) is 4.59. The first-order valence-corrected chi connectivity index (χ1v) is 8.77. The summed E-state index contributed by atoms with van der Waals surface area (Å²) in [7, 11) is 6.36. The van der Waals surface area contributed by atoms with Crippen LogP contribution in [0.4, 0.5) is 0 Å². The minimum atomic E-state index is 0.691. The van der Waals surface area contributed by atoms with Gasteiger partial charge in [-0.2, -0.15) is 0 Å². The van der Waals surface area contributed by atoms with Crippen molar-refractivity contribution in [3.05, 3.63) is 22.4 Å². The molecule has 1 aliphatic rings. The minimum absolute atomic E-state index is 0.691. The Kier molecular flexibility index (Phi) is 6.32. The normalized spacial score (nSPS) is 19.7. The third-order valence-electron chi connectivity index (χ3n) is 4.16. The number of rotatable bonds is 5. The molecule has 0 radical (unpaired) electrons. The largest absolute Gasteiger partial charge is 0.357 e. The molecule has 0 aliphatic carbocycles. The highest BCUT2D eigenvalue weighted by Crippen LogP contribution is 2.16. The van der Waals surface area contributed by atoms with Crippen LogP contribution in [-0.2, 0) is 13.6 Å². The topological polar surface area (TPSA) is 35.8 Å². The number of likely N-dealkylation sites (tertiary alicyclic amines) is 1. The predicted octanol–water partition coefficient (Wildman–Crippen LogP) is 2.14. The molecule has 6 heteroatoms. The lowest BCUT2D eigenvalue weighted by Crippen LogP contribution is -2.39. The summed E-state index contributed by atoms with van der Waals surface area (Å²) in [6, 6.07) is 2.16. The maximum absolute atomic E-state index is 4.85. The Morgan fingerprint density at radius 2 is 2.27 bits per heavy atom. The van der Waals surface area contributed by atoms with Gasteiger partial charge in [0, 0.05) is 50.1 Å². The molecule has 1 atom stereocenters.